The third-order valence-corrected chi connectivity index (χ3v) is 7.45. The molecule has 3 aromatic carbocycles. The molecule has 7 heteroatoms. The van der Waals surface area contributed by atoms with Gasteiger partial charge >= 0.3 is 0 Å². The highest BCUT2D eigenvalue weighted by Gasteiger charge is 2.31. The number of amides is 2. The van der Waals surface area contributed by atoms with E-state index >= 15 is 0 Å². The Morgan fingerprint density at radius 3 is 2.53 bits per heavy atom. The molecule has 2 amide bonds. The van der Waals surface area contributed by atoms with E-state index in [9.17, 15) is 13.8 Å². The number of hydrogen-bond donors (Lipinski definition) is 1. The van der Waals surface area contributed by atoms with E-state index in [1.807, 2.05) is 45.0 Å². The van der Waals surface area contributed by atoms with Gasteiger partial charge in [0.1, 0.15) is 0 Å². The van der Waals surface area contributed by atoms with Gasteiger partial charge in [0.05, 0.1) is 38.4 Å². The number of nitrogens with one attached hydrogen (secondary N) is 1. The molecule has 34 heavy (non-hydrogen) atoms. The van der Waals surface area contributed by atoms with Gasteiger partial charge in [-0.2, -0.15) is 0 Å². The van der Waals surface area contributed by atoms with Gasteiger partial charge in [-0.3, -0.25) is 9.59 Å². The van der Waals surface area contributed by atoms with Crippen molar-refractivity contribution < 1.29 is 13.8 Å². The maximum absolute atomic E-state index is 13.8. The van der Waals surface area contributed by atoms with Crippen LogP contribution in [0.2, 0.25) is 0 Å². The lowest BCUT2D eigenvalue weighted by Gasteiger charge is -2.24. The normalized spacial score (nSPS) is 15.0. The largest absolute Gasteiger partial charge is 0.351 e. The fourth-order valence-corrected chi connectivity index (χ4v) is 5.34. The number of carbonyl (C=O) groups excluding carboxylic acids is 2. The average molecular weight is 476 g/mol. The number of rotatable bonds is 6. The van der Waals surface area contributed by atoms with Gasteiger partial charge in [-0.15, -0.1) is 0 Å². The number of likely N-dealkylation sites (N-methyl/N-ethyl adjacent to an activating group) is 1. The second-order valence-corrected chi connectivity index (χ2v) is 10.2. The van der Waals surface area contributed by atoms with Gasteiger partial charge in [-0.05, 0) is 69.4 Å². The first kappa shape index (κ1) is 23.9. The Hall–Kier alpha value is -3.29. The molecule has 0 aromatic heterocycles. The number of benzene rings is 3. The van der Waals surface area contributed by atoms with Crippen LogP contribution in [0.25, 0.3) is 0 Å². The number of nitrogens with zero attached hydrogens (tertiary/aromatic N) is 2. The number of anilines is 1. The predicted octanol–water partition coefficient (Wildman–Crippen LogP) is 3.92. The highest BCUT2D eigenvalue weighted by molar-refractivity contribution is 7.85. The minimum Gasteiger partial charge on any atom is -0.351 e. The molecule has 0 spiro atoms. The fraction of sp³-hybridized carbons (Fsp3) is 0.259. The SMILES string of the molecule is Cc1ccc(C)c(CN2C(=O)c3ccccc3S(=O)c3ccc(C(=O)NCCN(C)C)cc32)c1. The van der Waals surface area contributed by atoms with Gasteiger partial charge in [0.2, 0.25) is 0 Å². The van der Waals surface area contributed by atoms with Crippen LogP contribution in [-0.2, 0) is 17.3 Å². The van der Waals surface area contributed by atoms with Crippen LogP contribution < -0.4 is 10.2 Å². The summed E-state index contributed by atoms with van der Waals surface area (Å²) < 4.78 is 13.5. The Labute approximate surface area is 203 Å². The van der Waals surface area contributed by atoms with E-state index in [0.717, 1.165) is 16.7 Å². The van der Waals surface area contributed by atoms with Crippen molar-refractivity contribution in [3.05, 3.63) is 88.5 Å². The third kappa shape index (κ3) is 4.81. The summed E-state index contributed by atoms with van der Waals surface area (Å²) in [6, 6.07) is 18.2. The molecule has 0 aliphatic carbocycles. The molecule has 176 valence electrons. The summed E-state index contributed by atoms with van der Waals surface area (Å²) in [5, 5.41) is 2.91. The summed E-state index contributed by atoms with van der Waals surface area (Å²) in [6.07, 6.45) is 0. The quantitative estimate of drug-likeness (QED) is 0.587. The molecule has 0 bridgehead atoms. The maximum Gasteiger partial charge on any atom is 0.259 e. The molecule has 1 aliphatic heterocycles. The second kappa shape index (κ2) is 9.91. The van der Waals surface area contributed by atoms with Crippen molar-refractivity contribution in [2.24, 2.45) is 0 Å². The second-order valence-electron chi connectivity index (χ2n) is 8.83. The number of hydrogen-bond acceptors (Lipinski definition) is 4. The smallest absolute Gasteiger partial charge is 0.259 e. The maximum atomic E-state index is 13.8. The van der Waals surface area contributed by atoms with Crippen molar-refractivity contribution in [3.8, 4) is 0 Å². The van der Waals surface area contributed by atoms with Crippen LogP contribution in [0.1, 0.15) is 37.4 Å². The predicted molar refractivity (Wildman–Crippen MR) is 135 cm³/mol. The van der Waals surface area contributed by atoms with Gasteiger partial charge in [0, 0.05) is 18.7 Å². The molecule has 1 aliphatic rings. The van der Waals surface area contributed by atoms with Gasteiger partial charge in [-0.25, -0.2) is 4.21 Å². The molecule has 1 unspecified atom stereocenters. The van der Waals surface area contributed by atoms with Crippen molar-refractivity contribution in [2.45, 2.75) is 30.2 Å². The summed E-state index contributed by atoms with van der Waals surface area (Å²) in [5.41, 5.74) is 4.52. The Balaban J connectivity index is 1.80. The van der Waals surface area contributed by atoms with E-state index in [1.165, 1.54) is 0 Å². The van der Waals surface area contributed by atoms with Crippen molar-refractivity contribution in [1.82, 2.24) is 10.2 Å². The number of fused-ring (bicyclic) bond motifs is 2. The van der Waals surface area contributed by atoms with Gasteiger partial charge in [-0.1, -0.05) is 35.9 Å². The standard InChI is InChI=1S/C27H29N3O3S/c1-18-9-10-19(2)21(15-18)17-30-23-16-20(26(31)28-13-14-29(3)4)11-12-25(23)34(33)24-8-6-5-7-22(24)27(30)32/h5-12,15-16H,13-14,17H2,1-4H3,(H,28,31). The van der Waals surface area contributed by atoms with Crippen LogP contribution in [0.4, 0.5) is 5.69 Å². The van der Waals surface area contributed by atoms with Crippen LogP contribution in [0, 0.1) is 13.8 Å². The molecule has 3 aromatic rings. The van der Waals surface area contributed by atoms with Crippen LogP contribution in [0.5, 0.6) is 0 Å². The average Bonchev–Trinajstić information content (AvgIpc) is 2.90. The van der Waals surface area contributed by atoms with E-state index in [2.05, 4.69) is 11.4 Å². The Kier molecular flexibility index (Phi) is 6.95. The summed E-state index contributed by atoms with van der Waals surface area (Å²) in [6.45, 7) is 5.57. The van der Waals surface area contributed by atoms with Crippen LogP contribution in [0.3, 0.4) is 0 Å². The molecule has 1 atom stereocenters. The lowest BCUT2D eigenvalue weighted by atomic mass is 10.0. The highest BCUT2D eigenvalue weighted by Crippen LogP contribution is 2.36. The third-order valence-electron chi connectivity index (χ3n) is 5.95. The fourth-order valence-electron chi connectivity index (χ4n) is 4.00. The van der Waals surface area contributed by atoms with Crippen molar-refractivity contribution in [2.75, 3.05) is 32.1 Å². The Bertz CT molecular complexity index is 1290. The summed E-state index contributed by atoms with van der Waals surface area (Å²) in [5.74, 6) is -0.454. The lowest BCUT2D eigenvalue weighted by Crippen LogP contribution is -2.32. The van der Waals surface area contributed by atoms with Gasteiger partial charge < -0.3 is 15.1 Å². The zero-order chi connectivity index (χ0) is 24.4. The molecular formula is C27H29N3O3S. The first-order chi connectivity index (χ1) is 16.3. The van der Waals surface area contributed by atoms with Crippen molar-refractivity contribution in [3.63, 3.8) is 0 Å². The summed E-state index contributed by atoms with van der Waals surface area (Å²) >= 11 is 0. The van der Waals surface area contributed by atoms with E-state index in [4.69, 9.17) is 0 Å². The van der Waals surface area contributed by atoms with Gasteiger partial charge in [0.15, 0.2) is 0 Å². The van der Waals surface area contributed by atoms with Crippen LogP contribution in [-0.4, -0.2) is 48.1 Å². The van der Waals surface area contributed by atoms with Crippen LogP contribution in [0.15, 0.2) is 70.5 Å². The first-order valence-corrected chi connectivity index (χ1v) is 12.4. The monoisotopic (exact) mass is 475 g/mol. The van der Waals surface area contributed by atoms with E-state index in [0.29, 0.717) is 46.2 Å². The molecule has 0 saturated heterocycles. The zero-order valence-corrected chi connectivity index (χ0v) is 20.7. The van der Waals surface area contributed by atoms with Crippen molar-refractivity contribution >= 4 is 28.3 Å². The van der Waals surface area contributed by atoms with E-state index in [-0.39, 0.29) is 11.8 Å². The number of aryl methyl sites for hydroxylation is 2. The van der Waals surface area contributed by atoms with Crippen LogP contribution >= 0.6 is 0 Å². The van der Waals surface area contributed by atoms with E-state index in [1.54, 1.807) is 47.4 Å². The topological polar surface area (TPSA) is 69.7 Å². The molecule has 0 radical (unpaired) electrons. The number of carbonyl (C=O) groups is 2. The Morgan fingerprint density at radius 2 is 1.76 bits per heavy atom. The molecule has 0 fully saturated rings. The molecule has 1 N–H and O–H groups in total. The van der Waals surface area contributed by atoms with Gasteiger partial charge in [0.25, 0.3) is 11.8 Å². The minimum absolute atomic E-state index is 0.226. The lowest BCUT2D eigenvalue weighted by molar-refractivity contribution is 0.0947. The highest BCUT2D eigenvalue weighted by atomic mass is 32.2. The van der Waals surface area contributed by atoms with E-state index < -0.39 is 10.8 Å². The summed E-state index contributed by atoms with van der Waals surface area (Å²) in [4.78, 5) is 31.2. The molecular weight excluding hydrogens is 446 g/mol. The zero-order valence-electron chi connectivity index (χ0n) is 19.9. The molecule has 4 rings (SSSR count). The minimum atomic E-state index is -1.55. The molecule has 6 nitrogen and oxygen atoms in total. The summed E-state index contributed by atoms with van der Waals surface area (Å²) in [7, 11) is 2.34. The molecule has 1 heterocycles. The molecule has 0 saturated carbocycles. The first-order valence-electron chi connectivity index (χ1n) is 11.2. The Morgan fingerprint density at radius 1 is 1.00 bits per heavy atom. The van der Waals surface area contributed by atoms with Crippen molar-refractivity contribution in [1.29, 1.82) is 0 Å².